The van der Waals surface area contributed by atoms with Crippen molar-refractivity contribution in [1.29, 1.82) is 5.26 Å². The van der Waals surface area contributed by atoms with Crippen LogP contribution >= 0.6 is 0 Å². The van der Waals surface area contributed by atoms with Crippen molar-refractivity contribution in [3.63, 3.8) is 0 Å². The Morgan fingerprint density at radius 1 is 1.23 bits per heavy atom. The van der Waals surface area contributed by atoms with Gasteiger partial charge in [0.15, 0.2) is 0 Å². The van der Waals surface area contributed by atoms with Gasteiger partial charge in [-0.1, -0.05) is 19.3 Å². The van der Waals surface area contributed by atoms with E-state index in [1.54, 1.807) is 0 Å². The van der Waals surface area contributed by atoms with Crippen molar-refractivity contribution >= 4 is 11.9 Å². The number of hydrogen-bond acceptors (Lipinski definition) is 7. The summed E-state index contributed by atoms with van der Waals surface area (Å²) in [6, 6.07) is 2.78. The van der Waals surface area contributed by atoms with E-state index in [2.05, 4.69) is 43.5 Å². The summed E-state index contributed by atoms with van der Waals surface area (Å²) in [7, 11) is 0. The van der Waals surface area contributed by atoms with E-state index in [-0.39, 0.29) is 5.82 Å². The lowest BCUT2D eigenvalue weighted by Crippen LogP contribution is -2.50. The fraction of sp³-hybridized carbons (Fsp3) is 0.733. The number of anilines is 2. The van der Waals surface area contributed by atoms with E-state index in [9.17, 15) is 5.26 Å². The number of hydrogen-bond donors (Lipinski definition) is 2. The van der Waals surface area contributed by atoms with Crippen LogP contribution in [0.2, 0.25) is 0 Å². The molecule has 1 saturated carbocycles. The van der Waals surface area contributed by atoms with Gasteiger partial charge in [0.2, 0.25) is 17.7 Å². The zero-order valence-electron chi connectivity index (χ0n) is 13.0. The second kappa shape index (κ2) is 6.88. The van der Waals surface area contributed by atoms with Crippen LogP contribution in [0, 0.1) is 11.3 Å². The van der Waals surface area contributed by atoms with Gasteiger partial charge < -0.3 is 15.5 Å². The summed E-state index contributed by atoms with van der Waals surface area (Å²) >= 11 is 0. The Hall–Kier alpha value is -1.94. The topological polar surface area (TPSA) is 89.8 Å². The Kier molecular flexibility index (Phi) is 4.68. The molecule has 7 heteroatoms. The summed E-state index contributed by atoms with van der Waals surface area (Å²) in [5, 5.41) is 15.9. The maximum absolute atomic E-state index is 9.20. The molecule has 7 nitrogen and oxygen atoms in total. The molecule has 3 rings (SSSR count). The number of nitrogens with one attached hydrogen (secondary N) is 2. The number of rotatable bonds is 3. The average molecular weight is 301 g/mol. The molecular weight excluding hydrogens is 278 g/mol. The smallest absolute Gasteiger partial charge is 0.238 e. The molecule has 1 aromatic heterocycles. The lowest BCUT2D eigenvalue weighted by Gasteiger charge is -2.34. The molecule has 0 radical (unpaired) electrons. The highest BCUT2D eigenvalue weighted by atomic mass is 15.3. The largest absolute Gasteiger partial charge is 0.351 e. The van der Waals surface area contributed by atoms with E-state index >= 15 is 0 Å². The zero-order valence-corrected chi connectivity index (χ0v) is 13.0. The molecule has 2 fully saturated rings. The maximum atomic E-state index is 9.20. The standard InChI is InChI=1S/C15H23N7/c1-11-10-17-7-8-22(11)15-20-13(9-16)19-14(21-15)18-12-5-3-2-4-6-12/h11-12,17H,2-8,10H2,1H3,(H,18,19,20,21). The van der Waals surface area contributed by atoms with E-state index in [0.717, 1.165) is 32.5 Å². The summed E-state index contributed by atoms with van der Waals surface area (Å²) in [6.07, 6.45) is 6.09. The fourth-order valence-electron chi connectivity index (χ4n) is 3.18. The Morgan fingerprint density at radius 3 is 2.77 bits per heavy atom. The predicted molar refractivity (Wildman–Crippen MR) is 84.7 cm³/mol. The van der Waals surface area contributed by atoms with E-state index in [0.29, 0.717) is 24.0 Å². The van der Waals surface area contributed by atoms with Gasteiger partial charge in [0.1, 0.15) is 6.07 Å². The van der Waals surface area contributed by atoms with Crippen molar-refractivity contribution in [3.8, 4) is 6.07 Å². The van der Waals surface area contributed by atoms with Crippen molar-refractivity contribution < 1.29 is 0 Å². The van der Waals surface area contributed by atoms with Crippen LogP contribution in [0.1, 0.15) is 44.9 Å². The monoisotopic (exact) mass is 301 g/mol. The summed E-state index contributed by atoms with van der Waals surface area (Å²) < 4.78 is 0. The van der Waals surface area contributed by atoms with Gasteiger partial charge in [-0.05, 0) is 19.8 Å². The number of nitrogens with zero attached hydrogens (tertiary/aromatic N) is 5. The van der Waals surface area contributed by atoms with Crippen LogP contribution in [-0.2, 0) is 0 Å². The summed E-state index contributed by atoms with van der Waals surface area (Å²) in [6.45, 7) is 4.79. The molecule has 2 heterocycles. The van der Waals surface area contributed by atoms with Gasteiger partial charge in [-0.25, -0.2) is 0 Å². The zero-order chi connectivity index (χ0) is 15.4. The number of piperazine rings is 1. The Labute approximate surface area is 131 Å². The minimum atomic E-state index is 0.189. The molecule has 118 valence electrons. The molecule has 0 aromatic carbocycles. The van der Waals surface area contributed by atoms with E-state index in [4.69, 9.17) is 0 Å². The fourth-order valence-corrected chi connectivity index (χ4v) is 3.18. The first-order valence-corrected chi connectivity index (χ1v) is 8.16. The van der Waals surface area contributed by atoms with Crippen molar-refractivity contribution in [1.82, 2.24) is 20.3 Å². The van der Waals surface area contributed by atoms with Crippen molar-refractivity contribution in [2.24, 2.45) is 0 Å². The summed E-state index contributed by atoms with van der Waals surface area (Å²) in [5.74, 6) is 1.34. The molecule has 0 bridgehead atoms. The number of nitriles is 1. The first-order chi connectivity index (χ1) is 10.8. The molecule has 22 heavy (non-hydrogen) atoms. The third-order valence-corrected chi connectivity index (χ3v) is 4.42. The molecule has 0 amide bonds. The molecule has 1 aliphatic carbocycles. The molecule has 0 spiro atoms. The molecule has 2 aliphatic rings. The molecule has 1 aliphatic heterocycles. The Morgan fingerprint density at radius 2 is 2.05 bits per heavy atom. The van der Waals surface area contributed by atoms with E-state index < -0.39 is 0 Å². The normalized spacial score (nSPS) is 23.1. The van der Waals surface area contributed by atoms with E-state index in [1.807, 2.05) is 0 Å². The predicted octanol–water partition coefficient (Wildman–Crippen LogP) is 1.29. The quantitative estimate of drug-likeness (QED) is 0.869. The lowest BCUT2D eigenvalue weighted by atomic mass is 9.96. The molecule has 1 saturated heterocycles. The number of aromatic nitrogens is 3. The minimum absolute atomic E-state index is 0.189. The van der Waals surface area contributed by atoms with Gasteiger partial charge in [-0.2, -0.15) is 20.2 Å². The highest BCUT2D eigenvalue weighted by Gasteiger charge is 2.23. The van der Waals surface area contributed by atoms with Gasteiger partial charge in [-0.15, -0.1) is 0 Å². The first kappa shape index (κ1) is 15.0. The van der Waals surface area contributed by atoms with Crippen molar-refractivity contribution in [2.45, 2.75) is 51.1 Å². The third kappa shape index (κ3) is 3.45. The van der Waals surface area contributed by atoms with Crippen LogP contribution in [0.3, 0.4) is 0 Å². The van der Waals surface area contributed by atoms with Crippen LogP contribution in [0.25, 0.3) is 0 Å². The van der Waals surface area contributed by atoms with E-state index in [1.165, 1.54) is 19.3 Å². The molecule has 1 atom stereocenters. The first-order valence-electron chi connectivity index (χ1n) is 8.16. The van der Waals surface area contributed by atoms with Crippen LogP contribution in [0.5, 0.6) is 0 Å². The minimum Gasteiger partial charge on any atom is -0.351 e. The Bertz CT molecular complexity index is 547. The van der Waals surface area contributed by atoms with Gasteiger partial charge in [0.25, 0.3) is 0 Å². The summed E-state index contributed by atoms with van der Waals surface area (Å²) in [5.41, 5.74) is 0. The highest BCUT2D eigenvalue weighted by Crippen LogP contribution is 2.21. The second-order valence-electron chi connectivity index (χ2n) is 6.12. The lowest BCUT2D eigenvalue weighted by molar-refractivity contribution is 0.460. The Balaban J connectivity index is 1.81. The molecule has 2 N–H and O–H groups in total. The average Bonchev–Trinajstić information content (AvgIpc) is 2.56. The van der Waals surface area contributed by atoms with Gasteiger partial charge in [0, 0.05) is 31.7 Å². The molecule has 1 aromatic rings. The second-order valence-corrected chi connectivity index (χ2v) is 6.12. The SMILES string of the molecule is CC1CNCCN1c1nc(C#N)nc(NC2CCCCC2)n1. The van der Waals surface area contributed by atoms with Gasteiger partial charge >= 0.3 is 0 Å². The van der Waals surface area contributed by atoms with Gasteiger partial charge in [0.05, 0.1) is 0 Å². The molecular formula is C15H23N7. The van der Waals surface area contributed by atoms with Crippen LogP contribution in [0.15, 0.2) is 0 Å². The van der Waals surface area contributed by atoms with Crippen LogP contribution in [0.4, 0.5) is 11.9 Å². The van der Waals surface area contributed by atoms with Crippen LogP contribution < -0.4 is 15.5 Å². The summed E-state index contributed by atoms with van der Waals surface area (Å²) in [4.78, 5) is 15.2. The van der Waals surface area contributed by atoms with Crippen molar-refractivity contribution in [2.75, 3.05) is 29.9 Å². The molecule has 1 unspecified atom stereocenters. The highest BCUT2D eigenvalue weighted by molar-refractivity contribution is 5.41. The maximum Gasteiger partial charge on any atom is 0.238 e. The third-order valence-electron chi connectivity index (χ3n) is 4.42. The van der Waals surface area contributed by atoms with Crippen LogP contribution in [-0.4, -0.2) is 46.7 Å². The van der Waals surface area contributed by atoms with Gasteiger partial charge in [-0.3, -0.25) is 0 Å². The van der Waals surface area contributed by atoms with Crippen molar-refractivity contribution in [3.05, 3.63) is 5.82 Å².